The molecular formula is C12H18BrClN2O2. The van der Waals surface area contributed by atoms with Gasteiger partial charge < -0.3 is 15.5 Å². The highest BCUT2D eigenvalue weighted by Crippen LogP contribution is 2.24. The number of carbonyl (C=O) groups excluding carboxylic acids is 1. The highest BCUT2D eigenvalue weighted by Gasteiger charge is 2.26. The number of halogens is 2. The first kappa shape index (κ1) is 15.5. The average molecular weight is 338 g/mol. The van der Waals surface area contributed by atoms with Gasteiger partial charge in [0.25, 0.3) is 5.91 Å². The van der Waals surface area contributed by atoms with Crippen molar-refractivity contribution in [2.24, 2.45) is 11.7 Å². The lowest BCUT2D eigenvalue weighted by Crippen LogP contribution is -2.44. The van der Waals surface area contributed by atoms with E-state index in [1.807, 2.05) is 0 Å². The van der Waals surface area contributed by atoms with Crippen LogP contribution in [0.25, 0.3) is 0 Å². The van der Waals surface area contributed by atoms with Crippen molar-refractivity contribution >= 4 is 34.2 Å². The van der Waals surface area contributed by atoms with E-state index < -0.39 is 0 Å². The van der Waals surface area contributed by atoms with Crippen molar-refractivity contribution in [3.8, 4) is 0 Å². The molecule has 6 heteroatoms. The molecule has 1 heterocycles. The van der Waals surface area contributed by atoms with Gasteiger partial charge in [-0.05, 0) is 53.4 Å². The van der Waals surface area contributed by atoms with Crippen LogP contribution in [0, 0.1) is 5.92 Å². The van der Waals surface area contributed by atoms with Crippen LogP contribution in [0.4, 0.5) is 0 Å². The minimum Gasteiger partial charge on any atom is -0.444 e. The molecule has 0 aliphatic heterocycles. The lowest BCUT2D eigenvalue weighted by Gasteiger charge is -2.30. The van der Waals surface area contributed by atoms with Crippen LogP contribution in [0.3, 0.4) is 0 Å². The average Bonchev–Trinajstić information content (AvgIpc) is 2.77. The topological polar surface area (TPSA) is 68.3 Å². The first-order valence-corrected chi connectivity index (χ1v) is 6.76. The van der Waals surface area contributed by atoms with E-state index in [1.54, 1.807) is 12.1 Å². The number of carbonyl (C=O) groups is 1. The van der Waals surface area contributed by atoms with E-state index in [0.29, 0.717) is 22.9 Å². The van der Waals surface area contributed by atoms with Crippen LogP contribution in [0.2, 0.25) is 0 Å². The van der Waals surface area contributed by atoms with Crippen molar-refractivity contribution in [2.45, 2.75) is 31.7 Å². The van der Waals surface area contributed by atoms with E-state index in [-0.39, 0.29) is 24.4 Å². The maximum atomic E-state index is 11.9. The fourth-order valence-electron chi connectivity index (χ4n) is 2.36. The molecule has 1 amide bonds. The summed E-state index contributed by atoms with van der Waals surface area (Å²) in [5, 5.41) is 3.02. The third-order valence-corrected chi connectivity index (χ3v) is 3.75. The third kappa shape index (κ3) is 3.73. The number of hydrogen-bond acceptors (Lipinski definition) is 3. The normalized spacial score (nSPS) is 23.2. The van der Waals surface area contributed by atoms with Gasteiger partial charge in [-0.15, -0.1) is 12.4 Å². The highest BCUT2D eigenvalue weighted by molar-refractivity contribution is 9.10. The molecule has 1 saturated carbocycles. The molecule has 102 valence electrons. The smallest absolute Gasteiger partial charge is 0.287 e. The standard InChI is InChI=1S/C12H17BrN2O2.ClH/c13-11-6-5-10(17-11)12(16)15-9-4-2-1-3-8(9)7-14;/h5-6,8-9H,1-4,7,14H2,(H,15,16);1H. The summed E-state index contributed by atoms with van der Waals surface area (Å²) in [6.07, 6.45) is 4.47. The fourth-order valence-corrected chi connectivity index (χ4v) is 2.66. The minimum absolute atomic E-state index is 0. The Balaban J connectivity index is 0.00000162. The SMILES string of the molecule is Cl.NCC1CCCCC1NC(=O)c1ccc(Br)o1. The molecule has 2 unspecified atom stereocenters. The summed E-state index contributed by atoms with van der Waals surface area (Å²) < 4.78 is 5.80. The summed E-state index contributed by atoms with van der Waals surface area (Å²) >= 11 is 3.18. The predicted octanol–water partition coefficient (Wildman–Crippen LogP) is 2.71. The van der Waals surface area contributed by atoms with E-state index in [9.17, 15) is 4.79 Å². The predicted molar refractivity (Wildman–Crippen MR) is 75.9 cm³/mol. The Morgan fingerprint density at radius 1 is 1.44 bits per heavy atom. The summed E-state index contributed by atoms with van der Waals surface area (Å²) in [4.78, 5) is 11.9. The van der Waals surface area contributed by atoms with Crippen LogP contribution in [-0.4, -0.2) is 18.5 Å². The summed E-state index contributed by atoms with van der Waals surface area (Å²) in [7, 11) is 0. The van der Waals surface area contributed by atoms with Crippen LogP contribution in [0.1, 0.15) is 36.2 Å². The van der Waals surface area contributed by atoms with Crippen molar-refractivity contribution < 1.29 is 9.21 Å². The van der Waals surface area contributed by atoms with Crippen molar-refractivity contribution in [3.05, 3.63) is 22.6 Å². The number of rotatable bonds is 3. The molecule has 1 aromatic heterocycles. The van der Waals surface area contributed by atoms with Crippen molar-refractivity contribution in [1.29, 1.82) is 0 Å². The number of nitrogens with two attached hydrogens (primary N) is 1. The Morgan fingerprint density at radius 2 is 2.17 bits per heavy atom. The number of hydrogen-bond donors (Lipinski definition) is 2. The zero-order valence-corrected chi connectivity index (χ0v) is 12.4. The summed E-state index contributed by atoms with van der Waals surface area (Å²) in [6, 6.07) is 3.57. The van der Waals surface area contributed by atoms with Crippen LogP contribution >= 0.6 is 28.3 Å². The van der Waals surface area contributed by atoms with Gasteiger partial charge in [0, 0.05) is 6.04 Å². The highest BCUT2D eigenvalue weighted by atomic mass is 79.9. The van der Waals surface area contributed by atoms with Gasteiger partial charge >= 0.3 is 0 Å². The molecule has 0 radical (unpaired) electrons. The number of amides is 1. The fraction of sp³-hybridized carbons (Fsp3) is 0.583. The number of furan rings is 1. The van der Waals surface area contributed by atoms with E-state index in [4.69, 9.17) is 10.2 Å². The molecule has 4 nitrogen and oxygen atoms in total. The van der Waals surface area contributed by atoms with Crippen molar-refractivity contribution in [2.75, 3.05) is 6.54 Å². The molecule has 1 aliphatic carbocycles. The summed E-state index contributed by atoms with van der Waals surface area (Å²) in [5.74, 6) is 0.588. The molecule has 2 rings (SSSR count). The van der Waals surface area contributed by atoms with E-state index in [2.05, 4.69) is 21.2 Å². The Hall–Kier alpha value is -0.520. The van der Waals surface area contributed by atoms with Gasteiger partial charge in [-0.25, -0.2) is 0 Å². The van der Waals surface area contributed by atoms with Crippen LogP contribution in [0.15, 0.2) is 21.2 Å². The molecule has 1 aromatic rings. The van der Waals surface area contributed by atoms with Gasteiger partial charge in [-0.2, -0.15) is 0 Å². The maximum absolute atomic E-state index is 11.9. The quantitative estimate of drug-likeness (QED) is 0.891. The molecule has 18 heavy (non-hydrogen) atoms. The molecule has 0 aromatic carbocycles. The third-order valence-electron chi connectivity index (χ3n) is 3.33. The van der Waals surface area contributed by atoms with Crippen LogP contribution < -0.4 is 11.1 Å². The zero-order chi connectivity index (χ0) is 12.3. The first-order valence-electron chi connectivity index (χ1n) is 5.97. The van der Waals surface area contributed by atoms with Gasteiger partial charge in [0.15, 0.2) is 10.4 Å². The first-order chi connectivity index (χ1) is 8.20. The van der Waals surface area contributed by atoms with E-state index in [1.165, 1.54) is 6.42 Å². The molecule has 2 atom stereocenters. The summed E-state index contributed by atoms with van der Waals surface area (Å²) in [6.45, 7) is 0.632. The van der Waals surface area contributed by atoms with E-state index >= 15 is 0 Å². The Morgan fingerprint density at radius 3 is 2.78 bits per heavy atom. The molecule has 1 fully saturated rings. The van der Waals surface area contributed by atoms with Gasteiger partial charge in [0.1, 0.15) is 0 Å². The lowest BCUT2D eigenvalue weighted by molar-refractivity contribution is 0.0878. The van der Waals surface area contributed by atoms with Gasteiger partial charge in [0.05, 0.1) is 0 Å². The molecule has 0 saturated heterocycles. The van der Waals surface area contributed by atoms with Crippen LogP contribution in [-0.2, 0) is 0 Å². The van der Waals surface area contributed by atoms with Gasteiger partial charge in [-0.3, -0.25) is 4.79 Å². The molecule has 1 aliphatic rings. The monoisotopic (exact) mass is 336 g/mol. The van der Waals surface area contributed by atoms with Gasteiger partial charge in [0.2, 0.25) is 0 Å². The Bertz CT molecular complexity index is 397. The van der Waals surface area contributed by atoms with Crippen molar-refractivity contribution in [1.82, 2.24) is 5.32 Å². The molecule has 0 bridgehead atoms. The van der Waals surface area contributed by atoms with Gasteiger partial charge in [-0.1, -0.05) is 12.8 Å². The molecular weight excluding hydrogens is 320 g/mol. The second kappa shape index (κ2) is 7.16. The van der Waals surface area contributed by atoms with Crippen LogP contribution in [0.5, 0.6) is 0 Å². The van der Waals surface area contributed by atoms with E-state index in [0.717, 1.165) is 19.3 Å². The largest absolute Gasteiger partial charge is 0.444 e. The van der Waals surface area contributed by atoms with Crippen molar-refractivity contribution in [3.63, 3.8) is 0 Å². The lowest BCUT2D eigenvalue weighted by atomic mass is 9.84. The second-order valence-electron chi connectivity index (χ2n) is 4.46. The second-order valence-corrected chi connectivity index (χ2v) is 5.25. The summed E-state index contributed by atoms with van der Waals surface area (Å²) in [5.41, 5.74) is 5.73. The minimum atomic E-state index is -0.152. The Labute approximate surface area is 121 Å². The Kier molecular flexibility index (Phi) is 6.18. The number of nitrogens with one attached hydrogen (secondary N) is 1. The zero-order valence-electron chi connectivity index (χ0n) is 10.0. The molecule has 0 spiro atoms. The maximum Gasteiger partial charge on any atom is 0.287 e. The molecule has 3 N–H and O–H groups in total.